The smallest absolute Gasteiger partial charge is 0.267 e. The highest BCUT2D eigenvalue weighted by Gasteiger charge is 2.12. The van der Waals surface area contributed by atoms with Crippen molar-refractivity contribution in [3.05, 3.63) is 38.6 Å². The minimum Gasteiger partial charge on any atom is -0.497 e. The van der Waals surface area contributed by atoms with E-state index < -0.39 is 5.56 Å². The number of pyridine rings is 1. The SMILES string of the molecule is COc1cc(C)c2[nH]c(=O)c(C#N)c(Cl)c2c1. The minimum absolute atomic E-state index is 0.0770. The van der Waals surface area contributed by atoms with Gasteiger partial charge in [0.2, 0.25) is 0 Å². The van der Waals surface area contributed by atoms with E-state index in [1.165, 1.54) is 0 Å². The second-order valence-electron chi connectivity index (χ2n) is 3.62. The number of nitrogens with zero attached hydrogens (tertiary/aromatic N) is 1. The number of rotatable bonds is 1. The predicted molar refractivity (Wildman–Crippen MR) is 65.6 cm³/mol. The number of fused-ring (bicyclic) bond motifs is 1. The van der Waals surface area contributed by atoms with Crippen molar-refractivity contribution >= 4 is 22.5 Å². The fourth-order valence-corrected chi connectivity index (χ4v) is 2.00. The molecule has 86 valence electrons. The largest absolute Gasteiger partial charge is 0.497 e. The van der Waals surface area contributed by atoms with E-state index in [0.29, 0.717) is 16.7 Å². The van der Waals surface area contributed by atoms with E-state index in [-0.39, 0.29) is 10.6 Å². The molecule has 1 aromatic heterocycles. The number of nitriles is 1. The van der Waals surface area contributed by atoms with Gasteiger partial charge in [0.1, 0.15) is 17.4 Å². The van der Waals surface area contributed by atoms with Crippen LogP contribution in [0.15, 0.2) is 16.9 Å². The van der Waals surface area contributed by atoms with Gasteiger partial charge >= 0.3 is 0 Å². The summed E-state index contributed by atoms with van der Waals surface area (Å²) in [6.45, 7) is 1.84. The van der Waals surface area contributed by atoms with Crippen LogP contribution in [0.3, 0.4) is 0 Å². The number of hydrogen-bond acceptors (Lipinski definition) is 3. The predicted octanol–water partition coefficient (Wildman–Crippen LogP) is 2.37. The maximum Gasteiger partial charge on any atom is 0.267 e. The van der Waals surface area contributed by atoms with E-state index in [1.54, 1.807) is 25.3 Å². The van der Waals surface area contributed by atoms with Crippen molar-refractivity contribution in [1.29, 1.82) is 5.26 Å². The molecule has 5 heteroatoms. The number of nitrogens with one attached hydrogen (secondary N) is 1. The lowest BCUT2D eigenvalue weighted by atomic mass is 10.1. The minimum atomic E-state index is -0.474. The van der Waals surface area contributed by atoms with Gasteiger partial charge in [0, 0.05) is 5.39 Å². The molecule has 0 radical (unpaired) electrons. The van der Waals surface area contributed by atoms with Gasteiger partial charge in [0.15, 0.2) is 0 Å². The Morgan fingerprint density at radius 3 is 2.76 bits per heavy atom. The third-order valence-corrected chi connectivity index (χ3v) is 2.97. The van der Waals surface area contributed by atoms with E-state index in [2.05, 4.69) is 4.98 Å². The Morgan fingerprint density at radius 2 is 2.18 bits per heavy atom. The van der Waals surface area contributed by atoms with E-state index in [9.17, 15) is 4.79 Å². The fourth-order valence-electron chi connectivity index (χ4n) is 1.72. The first-order valence-electron chi connectivity index (χ1n) is 4.88. The Morgan fingerprint density at radius 1 is 1.47 bits per heavy atom. The first-order chi connectivity index (χ1) is 8.08. The van der Waals surface area contributed by atoms with Crippen molar-refractivity contribution in [1.82, 2.24) is 4.98 Å². The lowest BCUT2D eigenvalue weighted by Gasteiger charge is -2.08. The van der Waals surface area contributed by atoms with Crippen LogP contribution < -0.4 is 10.3 Å². The molecule has 0 amide bonds. The first kappa shape index (κ1) is 11.5. The lowest BCUT2D eigenvalue weighted by Crippen LogP contribution is -2.11. The van der Waals surface area contributed by atoms with Crippen LogP contribution in [0.5, 0.6) is 5.75 Å². The standard InChI is InChI=1S/C12H9ClN2O2/c1-6-3-7(17-2)4-8-10(13)9(5-14)12(16)15-11(6)8/h3-4H,1-2H3,(H,15,16). The van der Waals surface area contributed by atoms with Crippen LogP contribution >= 0.6 is 11.6 Å². The van der Waals surface area contributed by atoms with Crippen molar-refractivity contribution in [2.45, 2.75) is 6.92 Å². The molecule has 1 aromatic carbocycles. The molecule has 2 rings (SSSR count). The summed E-state index contributed by atoms with van der Waals surface area (Å²) in [4.78, 5) is 14.2. The van der Waals surface area contributed by atoms with Crippen molar-refractivity contribution in [2.75, 3.05) is 7.11 Å². The molecule has 17 heavy (non-hydrogen) atoms. The zero-order valence-electron chi connectivity index (χ0n) is 9.30. The number of benzene rings is 1. The van der Waals surface area contributed by atoms with Crippen LogP contribution in [0, 0.1) is 18.3 Å². The van der Waals surface area contributed by atoms with Crippen LogP contribution in [0.25, 0.3) is 10.9 Å². The van der Waals surface area contributed by atoms with Crippen LogP contribution in [-0.4, -0.2) is 12.1 Å². The summed E-state index contributed by atoms with van der Waals surface area (Å²) >= 11 is 6.05. The van der Waals surface area contributed by atoms with Crippen LogP contribution in [-0.2, 0) is 0 Å². The summed E-state index contributed by atoms with van der Waals surface area (Å²) in [7, 11) is 1.55. The highest BCUT2D eigenvalue weighted by Crippen LogP contribution is 2.29. The Balaban J connectivity index is 2.99. The average Bonchev–Trinajstić information content (AvgIpc) is 2.31. The molecule has 0 spiro atoms. The number of hydrogen-bond donors (Lipinski definition) is 1. The monoisotopic (exact) mass is 248 g/mol. The van der Waals surface area contributed by atoms with Gasteiger partial charge in [-0.05, 0) is 24.6 Å². The van der Waals surface area contributed by atoms with E-state index in [1.807, 2.05) is 6.92 Å². The van der Waals surface area contributed by atoms with Gasteiger partial charge in [-0.1, -0.05) is 11.6 Å². The van der Waals surface area contributed by atoms with Crippen molar-refractivity contribution in [3.63, 3.8) is 0 Å². The normalized spacial score (nSPS) is 10.2. The molecule has 2 aromatic rings. The first-order valence-corrected chi connectivity index (χ1v) is 5.26. The quantitative estimate of drug-likeness (QED) is 0.843. The molecule has 0 atom stereocenters. The van der Waals surface area contributed by atoms with Gasteiger partial charge in [-0.25, -0.2) is 0 Å². The van der Waals surface area contributed by atoms with Crippen molar-refractivity contribution < 1.29 is 4.74 Å². The Kier molecular flexibility index (Phi) is 2.78. The van der Waals surface area contributed by atoms with Gasteiger partial charge in [-0.3, -0.25) is 4.79 Å². The number of halogens is 1. The van der Waals surface area contributed by atoms with E-state index in [0.717, 1.165) is 5.56 Å². The van der Waals surface area contributed by atoms with Gasteiger partial charge in [0.05, 0.1) is 17.6 Å². The molecule has 0 aliphatic rings. The van der Waals surface area contributed by atoms with Crippen LogP contribution in [0.2, 0.25) is 5.02 Å². The van der Waals surface area contributed by atoms with Crippen molar-refractivity contribution in [2.24, 2.45) is 0 Å². The molecular weight excluding hydrogens is 240 g/mol. The Hall–Kier alpha value is -1.99. The topological polar surface area (TPSA) is 65.9 Å². The Labute approximate surface area is 102 Å². The molecule has 0 bridgehead atoms. The highest BCUT2D eigenvalue weighted by molar-refractivity contribution is 6.36. The van der Waals surface area contributed by atoms with Gasteiger partial charge in [-0.2, -0.15) is 5.26 Å². The molecular formula is C12H9ClN2O2. The number of methoxy groups -OCH3 is 1. The van der Waals surface area contributed by atoms with Crippen LogP contribution in [0.4, 0.5) is 0 Å². The molecule has 1 heterocycles. The summed E-state index contributed by atoms with van der Waals surface area (Å²) in [6, 6.07) is 5.28. The molecule has 0 aliphatic carbocycles. The lowest BCUT2D eigenvalue weighted by molar-refractivity contribution is 0.415. The molecule has 1 N–H and O–H groups in total. The maximum atomic E-state index is 11.6. The van der Waals surface area contributed by atoms with Gasteiger partial charge in [-0.15, -0.1) is 0 Å². The number of aromatic amines is 1. The van der Waals surface area contributed by atoms with E-state index >= 15 is 0 Å². The summed E-state index contributed by atoms with van der Waals surface area (Å²) in [5.41, 5.74) is 0.910. The fraction of sp³-hybridized carbons (Fsp3) is 0.167. The summed E-state index contributed by atoms with van der Waals surface area (Å²) < 4.78 is 5.13. The number of H-pyrrole nitrogens is 1. The van der Waals surface area contributed by atoms with Crippen molar-refractivity contribution in [3.8, 4) is 11.8 Å². The zero-order valence-corrected chi connectivity index (χ0v) is 10.1. The number of ether oxygens (including phenoxy) is 1. The molecule has 0 saturated carbocycles. The van der Waals surface area contributed by atoms with Gasteiger partial charge < -0.3 is 9.72 Å². The molecule has 0 fully saturated rings. The molecule has 0 unspecified atom stereocenters. The summed E-state index contributed by atoms with van der Waals surface area (Å²) in [6.07, 6.45) is 0. The zero-order chi connectivity index (χ0) is 12.6. The van der Waals surface area contributed by atoms with E-state index in [4.69, 9.17) is 21.6 Å². The summed E-state index contributed by atoms with van der Waals surface area (Å²) in [5.74, 6) is 0.632. The number of aryl methyl sites for hydroxylation is 1. The van der Waals surface area contributed by atoms with Gasteiger partial charge in [0.25, 0.3) is 5.56 Å². The highest BCUT2D eigenvalue weighted by atomic mass is 35.5. The maximum absolute atomic E-state index is 11.6. The third kappa shape index (κ3) is 1.75. The molecule has 0 saturated heterocycles. The third-order valence-electron chi connectivity index (χ3n) is 2.58. The number of aromatic nitrogens is 1. The Bertz CT molecular complexity index is 698. The molecule has 4 nitrogen and oxygen atoms in total. The van der Waals surface area contributed by atoms with Crippen LogP contribution in [0.1, 0.15) is 11.1 Å². The average molecular weight is 249 g/mol. The second-order valence-corrected chi connectivity index (χ2v) is 4.00. The molecule has 0 aliphatic heterocycles. The summed E-state index contributed by atoms with van der Waals surface area (Å²) in [5, 5.41) is 9.64. The second kappa shape index (κ2) is 4.11.